The average Bonchev–Trinajstić information content (AvgIpc) is 2.90. The first-order valence-electron chi connectivity index (χ1n) is 11.9. The molecule has 1 heterocycles. The number of morpholine rings is 1. The molecule has 36 heavy (non-hydrogen) atoms. The van der Waals surface area contributed by atoms with Crippen molar-refractivity contribution >= 4 is 21.6 Å². The maximum Gasteiger partial charge on any atom is 0.264 e. The summed E-state index contributed by atoms with van der Waals surface area (Å²) in [6, 6.07) is 10.9. The van der Waals surface area contributed by atoms with Gasteiger partial charge in [0, 0.05) is 25.7 Å². The minimum atomic E-state index is -4.11. The summed E-state index contributed by atoms with van der Waals surface area (Å²) < 4.78 is 49.8. The molecule has 0 aliphatic carbocycles. The van der Waals surface area contributed by atoms with Crippen LogP contribution in [0.4, 0.5) is 5.69 Å². The molecule has 2 aromatic rings. The molecular formula is C25H35N3O7S. The number of nitrogens with zero attached hydrogens (tertiary/aromatic N) is 2. The number of nitrogens with one attached hydrogen (secondary N) is 1. The number of amides is 1. The van der Waals surface area contributed by atoms with E-state index in [9.17, 15) is 13.2 Å². The van der Waals surface area contributed by atoms with Crippen molar-refractivity contribution in [2.24, 2.45) is 0 Å². The van der Waals surface area contributed by atoms with Crippen molar-refractivity contribution < 1.29 is 32.2 Å². The molecule has 1 fully saturated rings. The molecule has 0 spiro atoms. The van der Waals surface area contributed by atoms with E-state index < -0.39 is 15.9 Å². The van der Waals surface area contributed by atoms with E-state index in [1.165, 1.54) is 32.4 Å². The van der Waals surface area contributed by atoms with E-state index in [1.54, 1.807) is 24.3 Å². The van der Waals surface area contributed by atoms with Crippen LogP contribution in [0.5, 0.6) is 17.2 Å². The van der Waals surface area contributed by atoms with E-state index in [0.717, 1.165) is 43.6 Å². The van der Waals surface area contributed by atoms with E-state index in [1.807, 2.05) is 6.92 Å². The number of ether oxygens (including phenoxy) is 4. The molecule has 0 aromatic heterocycles. The summed E-state index contributed by atoms with van der Waals surface area (Å²) in [5, 5.41) is 2.85. The topological polar surface area (TPSA) is 107 Å². The van der Waals surface area contributed by atoms with Crippen LogP contribution in [0.2, 0.25) is 0 Å². The van der Waals surface area contributed by atoms with E-state index in [-0.39, 0.29) is 17.2 Å². The number of carbonyl (C=O) groups is 1. The number of carbonyl (C=O) groups excluding carboxylic acids is 1. The van der Waals surface area contributed by atoms with Crippen LogP contribution in [0, 0.1) is 0 Å². The number of rotatable bonds is 13. The van der Waals surface area contributed by atoms with Crippen molar-refractivity contribution in [3.63, 3.8) is 0 Å². The van der Waals surface area contributed by atoms with Gasteiger partial charge in [0.2, 0.25) is 5.91 Å². The maximum absolute atomic E-state index is 13.7. The molecule has 0 radical (unpaired) electrons. The fraction of sp³-hybridized carbons (Fsp3) is 0.480. The summed E-state index contributed by atoms with van der Waals surface area (Å²) >= 11 is 0. The zero-order valence-electron chi connectivity index (χ0n) is 21.1. The lowest BCUT2D eigenvalue weighted by atomic mass is 10.3. The minimum Gasteiger partial charge on any atom is -0.494 e. The lowest BCUT2D eigenvalue weighted by Crippen LogP contribution is -2.42. The van der Waals surface area contributed by atoms with Gasteiger partial charge in [-0.1, -0.05) is 0 Å². The Labute approximate surface area is 213 Å². The van der Waals surface area contributed by atoms with Crippen molar-refractivity contribution in [1.29, 1.82) is 0 Å². The predicted molar refractivity (Wildman–Crippen MR) is 137 cm³/mol. The Balaban J connectivity index is 1.77. The van der Waals surface area contributed by atoms with Crippen LogP contribution in [0.15, 0.2) is 47.4 Å². The number of sulfonamides is 1. The van der Waals surface area contributed by atoms with Crippen LogP contribution in [0.3, 0.4) is 0 Å². The highest BCUT2D eigenvalue weighted by Gasteiger charge is 2.28. The smallest absolute Gasteiger partial charge is 0.264 e. The third-order valence-corrected chi connectivity index (χ3v) is 7.51. The standard InChI is InChI=1S/C25H35N3O7S/c1-4-35-21-8-6-20(7-9-21)28(19-25(29)26-12-5-13-27-14-16-34-17-15-27)36(30,31)22-10-11-23(32-2)24(18-22)33-3/h6-11,18H,4-5,12-17,19H2,1-3H3,(H,26,29). The monoisotopic (exact) mass is 521 g/mol. The SMILES string of the molecule is CCOc1ccc(N(CC(=O)NCCCN2CCOCC2)S(=O)(=O)c2ccc(OC)c(OC)c2)cc1. The van der Waals surface area contributed by atoms with Crippen LogP contribution >= 0.6 is 0 Å². The number of hydrogen-bond donors (Lipinski definition) is 1. The fourth-order valence-electron chi connectivity index (χ4n) is 3.84. The summed E-state index contributed by atoms with van der Waals surface area (Å²) in [6.07, 6.45) is 0.761. The molecule has 1 amide bonds. The highest BCUT2D eigenvalue weighted by molar-refractivity contribution is 7.92. The van der Waals surface area contributed by atoms with E-state index in [0.29, 0.717) is 30.3 Å². The Morgan fingerprint density at radius 2 is 1.75 bits per heavy atom. The summed E-state index contributed by atoms with van der Waals surface area (Å²) in [4.78, 5) is 15.1. The first-order valence-corrected chi connectivity index (χ1v) is 13.4. The second-order valence-corrected chi connectivity index (χ2v) is 9.98. The van der Waals surface area contributed by atoms with E-state index in [4.69, 9.17) is 18.9 Å². The van der Waals surface area contributed by atoms with Gasteiger partial charge in [0.25, 0.3) is 10.0 Å². The van der Waals surface area contributed by atoms with Crippen LogP contribution in [0.25, 0.3) is 0 Å². The third kappa shape index (κ3) is 7.25. The number of methoxy groups -OCH3 is 2. The quantitative estimate of drug-likeness (QED) is 0.400. The van der Waals surface area contributed by atoms with Crippen molar-refractivity contribution in [2.45, 2.75) is 18.2 Å². The molecule has 198 valence electrons. The number of hydrogen-bond acceptors (Lipinski definition) is 8. The van der Waals surface area contributed by atoms with Crippen LogP contribution in [0.1, 0.15) is 13.3 Å². The molecule has 1 aliphatic heterocycles. The normalized spacial score (nSPS) is 14.2. The van der Waals surface area contributed by atoms with Gasteiger partial charge in [-0.2, -0.15) is 0 Å². The van der Waals surface area contributed by atoms with Crippen molar-refractivity contribution in [3.05, 3.63) is 42.5 Å². The van der Waals surface area contributed by atoms with Gasteiger partial charge >= 0.3 is 0 Å². The molecular weight excluding hydrogens is 486 g/mol. The first-order chi connectivity index (χ1) is 17.4. The zero-order valence-corrected chi connectivity index (χ0v) is 21.9. The molecule has 0 bridgehead atoms. The molecule has 0 atom stereocenters. The summed E-state index contributed by atoms with van der Waals surface area (Å²) in [7, 11) is -1.20. The van der Waals surface area contributed by atoms with Crippen LogP contribution < -0.4 is 23.8 Å². The third-order valence-electron chi connectivity index (χ3n) is 5.74. The van der Waals surface area contributed by atoms with Gasteiger partial charge in [0.1, 0.15) is 12.3 Å². The highest BCUT2D eigenvalue weighted by atomic mass is 32.2. The van der Waals surface area contributed by atoms with Gasteiger partial charge in [0.15, 0.2) is 11.5 Å². The van der Waals surface area contributed by atoms with Gasteiger partial charge in [-0.15, -0.1) is 0 Å². The lowest BCUT2D eigenvalue weighted by Gasteiger charge is -2.26. The molecule has 0 saturated carbocycles. The lowest BCUT2D eigenvalue weighted by molar-refractivity contribution is -0.119. The molecule has 2 aromatic carbocycles. The van der Waals surface area contributed by atoms with Gasteiger partial charge in [-0.25, -0.2) is 8.42 Å². The van der Waals surface area contributed by atoms with Gasteiger partial charge in [0.05, 0.1) is 44.6 Å². The Bertz CT molecular complexity index is 1090. The average molecular weight is 522 g/mol. The molecule has 0 unspecified atom stereocenters. The van der Waals surface area contributed by atoms with Crippen LogP contribution in [-0.4, -0.2) is 86.0 Å². The molecule has 10 nitrogen and oxygen atoms in total. The minimum absolute atomic E-state index is 0.0193. The largest absolute Gasteiger partial charge is 0.494 e. The van der Waals surface area contributed by atoms with Crippen molar-refractivity contribution in [3.8, 4) is 17.2 Å². The van der Waals surface area contributed by atoms with Crippen molar-refractivity contribution in [1.82, 2.24) is 10.2 Å². The van der Waals surface area contributed by atoms with Crippen LogP contribution in [-0.2, 0) is 19.6 Å². The van der Waals surface area contributed by atoms with E-state index >= 15 is 0 Å². The number of benzene rings is 2. The highest BCUT2D eigenvalue weighted by Crippen LogP contribution is 2.32. The molecule has 11 heteroatoms. The first kappa shape index (κ1) is 27.6. The zero-order chi connectivity index (χ0) is 26.0. The Morgan fingerprint density at radius 3 is 2.39 bits per heavy atom. The molecule has 1 aliphatic rings. The second kappa shape index (κ2) is 13.3. The Morgan fingerprint density at radius 1 is 1.06 bits per heavy atom. The number of anilines is 1. The summed E-state index contributed by atoms with van der Waals surface area (Å²) in [6.45, 7) is 6.47. The molecule has 1 N–H and O–H groups in total. The Hall–Kier alpha value is -3.02. The predicted octanol–water partition coefficient (Wildman–Crippen LogP) is 2.14. The van der Waals surface area contributed by atoms with Gasteiger partial charge < -0.3 is 24.3 Å². The summed E-state index contributed by atoms with van der Waals surface area (Å²) in [5.41, 5.74) is 0.344. The second-order valence-electron chi connectivity index (χ2n) is 8.11. The summed E-state index contributed by atoms with van der Waals surface area (Å²) in [5.74, 6) is 0.895. The Kier molecular flexibility index (Phi) is 10.2. The maximum atomic E-state index is 13.7. The van der Waals surface area contributed by atoms with E-state index in [2.05, 4.69) is 10.2 Å². The van der Waals surface area contributed by atoms with Gasteiger partial charge in [-0.05, 0) is 56.3 Å². The molecule has 1 saturated heterocycles. The van der Waals surface area contributed by atoms with Crippen molar-refractivity contribution in [2.75, 3.05) is 71.1 Å². The van der Waals surface area contributed by atoms with Gasteiger partial charge in [-0.3, -0.25) is 14.0 Å². The fourth-order valence-corrected chi connectivity index (χ4v) is 5.27. The molecule has 3 rings (SSSR count).